The highest BCUT2D eigenvalue weighted by atomic mass is 32.2. The lowest BCUT2D eigenvalue weighted by molar-refractivity contribution is 0.510. The molecule has 0 saturated carbocycles. The van der Waals surface area contributed by atoms with Gasteiger partial charge in [-0.3, -0.25) is 4.99 Å². The third-order valence-corrected chi connectivity index (χ3v) is 3.68. The zero-order valence-electron chi connectivity index (χ0n) is 9.61. The van der Waals surface area contributed by atoms with Crippen molar-refractivity contribution < 1.29 is 4.42 Å². The molecular formula is C12H18N2OS. The number of amidine groups is 1. The third-order valence-electron chi connectivity index (χ3n) is 2.72. The van der Waals surface area contributed by atoms with Crippen LogP contribution in [0, 0.1) is 0 Å². The largest absolute Gasteiger partial charge is 0.469 e. The predicted octanol–water partition coefficient (Wildman–Crippen LogP) is 2.68. The molecule has 16 heavy (non-hydrogen) atoms. The first-order valence-corrected chi connectivity index (χ1v) is 6.83. The lowest BCUT2D eigenvalue weighted by Crippen LogP contribution is -2.37. The van der Waals surface area contributed by atoms with Gasteiger partial charge in [0.2, 0.25) is 0 Å². The fourth-order valence-corrected chi connectivity index (χ4v) is 2.73. The van der Waals surface area contributed by atoms with Gasteiger partial charge in [-0.2, -0.15) is 0 Å². The highest BCUT2D eigenvalue weighted by Crippen LogP contribution is 2.15. The monoisotopic (exact) mass is 238 g/mol. The lowest BCUT2D eigenvalue weighted by Gasteiger charge is -2.24. The van der Waals surface area contributed by atoms with Crippen LogP contribution in [0.1, 0.15) is 25.5 Å². The zero-order chi connectivity index (χ0) is 11.2. The molecule has 1 saturated heterocycles. The minimum absolute atomic E-state index is 0.614. The summed E-state index contributed by atoms with van der Waals surface area (Å²) in [7, 11) is 0. The number of nitrogens with one attached hydrogen (secondary N) is 1. The van der Waals surface area contributed by atoms with Crippen LogP contribution >= 0.6 is 11.8 Å². The Hall–Kier alpha value is -0.900. The SMILES string of the molecule is CCC1CCSC(=NCCc2ccco2)N1. The van der Waals surface area contributed by atoms with Gasteiger partial charge in [0, 0.05) is 24.8 Å². The van der Waals surface area contributed by atoms with Crippen molar-refractivity contribution >= 4 is 16.9 Å². The average molecular weight is 238 g/mol. The van der Waals surface area contributed by atoms with E-state index in [0.717, 1.165) is 23.9 Å². The zero-order valence-corrected chi connectivity index (χ0v) is 10.4. The molecule has 4 heteroatoms. The molecule has 3 nitrogen and oxygen atoms in total. The molecule has 1 fully saturated rings. The Morgan fingerprint density at radius 3 is 3.31 bits per heavy atom. The molecule has 1 aromatic rings. The summed E-state index contributed by atoms with van der Waals surface area (Å²) in [6.45, 7) is 3.02. The quantitative estimate of drug-likeness (QED) is 0.876. The second-order valence-electron chi connectivity index (χ2n) is 3.90. The van der Waals surface area contributed by atoms with Crippen molar-refractivity contribution in [2.45, 2.75) is 32.2 Å². The van der Waals surface area contributed by atoms with Gasteiger partial charge >= 0.3 is 0 Å². The van der Waals surface area contributed by atoms with Gasteiger partial charge in [0.1, 0.15) is 5.76 Å². The van der Waals surface area contributed by atoms with E-state index in [9.17, 15) is 0 Å². The van der Waals surface area contributed by atoms with Gasteiger partial charge < -0.3 is 9.73 Å². The summed E-state index contributed by atoms with van der Waals surface area (Å²) >= 11 is 1.83. The van der Waals surface area contributed by atoms with Crippen molar-refractivity contribution in [2.75, 3.05) is 12.3 Å². The summed E-state index contributed by atoms with van der Waals surface area (Å²) in [5, 5.41) is 4.57. The molecule has 0 spiro atoms. The summed E-state index contributed by atoms with van der Waals surface area (Å²) in [5.41, 5.74) is 0. The van der Waals surface area contributed by atoms with Crippen molar-refractivity contribution in [1.82, 2.24) is 5.32 Å². The smallest absolute Gasteiger partial charge is 0.156 e. The molecule has 2 rings (SSSR count). The normalized spacial score (nSPS) is 23.3. The molecule has 88 valence electrons. The van der Waals surface area contributed by atoms with Crippen LogP contribution in [0.25, 0.3) is 0 Å². The molecule has 2 heterocycles. The number of thioether (sulfide) groups is 1. The van der Waals surface area contributed by atoms with Gasteiger partial charge in [0.25, 0.3) is 0 Å². The van der Waals surface area contributed by atoms with E-state index in [1.807, 2.05) is 23.9 Å². The molecule has 1 aliphatic rings. The van der Waals surface area contributed by atoms with Gasteiger partial charge in [0.05, 0.1) is 6.26 Å². The Bertz CT molecular complexity index is 335. The number of hydrogen-bond acceptors (Lipinski definition) is 3. The first-order chi connectivity index (χ1) is 7.88. The van der Waals surface area contributed by atoms with E-state index in [1.165, 1.54) is 18.6 Å². The topological polar surface area (TPSA) is 37.5 Å². The minimum atomic E-state index is 0.614. The number of rotatable bonds is 4. The molecule has 0 radical (unpaired) electrons. The van der Waals surface area contributed by atoms with E-state index in [-0.39, 0.29) is 0 Å². The van der Waals surface area contributed by atoms with Crippen molar-refractivity contribution in [2.24, 2.45) is 4.99 Å². The molecule has 1 aliphatic heterocycles. The lowest BCUT2D eigenvalue weighted by atomic mass is 10.2. The van der Waals surface area contributed by atoms with E-state index in [1.54, 1.807) is 6.26 Å². The van der Waals surface area contributed by atoms with Crippen LogP contribution < -0.4 is 5.32 Å². The second-order valence-corrected chi connectivity index (χ2v) is 4.99. The molecule has 1 N–H and O–H groups in total. The van der Waals surface area contributed by atoms with Crippen LogP contribution in [0.2, 0.25) is 0 Å². The maximum atomic E-state index is 5.27. The summed E-state index contributed by atoms with van der Waals surface area (Å²) in [6.07, 6.45) is 5.02. The Balaban J connectivity index is 1.78. The predicted molar refractivity (Wildman–Crippen MR) is 69.0 cm³/mol. The van der Waals surface area contributed by atoms with Gasteiger partial charge in [0.15, 0.2) is 5.17 Å². The average Bonchev–Trinajstić information content (AvgIpc) is 2.82. The van der Waals surface area contributed by atoms with E-state index >= 15 is 0 Å². The fourth-order valence-electron chi connectivity index (χ4n) is 1.71. The van der Waals surface area contributed by atoms with Crippen LogP contribution in [0.4, 0.5) is 0 Å². The molecule has 0 aromatic carbocycles. The summed E-state index contributed by atoms with van der Waals surface area (Å²) in [4.78, 5) is 4.56. The summed E-state index contributed by atoms with van der Waals surface area (Å²) in [6, 6.07) is 4.53. The van der Waals surface area contributed by atoms with E-state index in [4.69, 9.17) is 4.42 Å². The Labute approximate surface area is 101 Å². The number of furan rings is 1. The summed E-state index contributed by atoms with van der Waals surface area (Å²) < 4.78 is 5.27. The van der Waals surface area contributed by atoms with Crippen LogP contribution in [-0.2, 0) is 6.42 Å². The van der Waals surface area contributed by atoms with Crippen molar-refractivity contribution in [3.05, 3.63) is 24.2 Å². The Morgan fingerprint density at radius 2 is 2.56 bits per heavy atom. The number of nitrogens with zero attached hydrogens (tertiary/aromatic N) is 1. The third kappa shape index (κ3) is 3.30. The molecule has 1 atom stereocenters. The number of hydrogen-bond donors (Lipinski definition) is 1. The van der Waals surface area contributed by atoms with E-state index in [0.29, 0.717) is 6.04 Å². The minimum Gasteiger partial charge on any atom is -0.469 e. The highest BCUT2D eigenvalue weighted by molar-refractivity contribution is 8.13. The summed E-state index contributed by atoms with van der Waals surface area (Å²) in [5.74, 6) is 2.20. The fraction of sp³-hybridized carbons (Fsp3) is 0.583. The molecule has 1 unspecified atom stereocenters. The van der Waals surface area contributed by atoms with E-state index < -0.39 is 0 Å². The van der Waals surface area contributed by atoms with Crippen LogP contribution in [0.3, 0.4) is 0 Å². The van der Waals surface area contributed by atoms with Gasteiger partial charge in [-0.05, 0) is 25.0 Å². The second kappa shape index (κ2) is 5.99. The van der Waals surface area contributed by atoms with Crippen molar-refractivity contribution in [3.8, 4) is 0 Å². The maximum absolute atomic E-state index is 5.27. The van der Waals surface area contributed by atoms with Gasteiger partial charge in [-0.15, -0.1) is 0 Å². The molecular weight excluding hydrogens is 220 g/mol. The highest BCUT2D eigenvalue weighted by Gasteiger charge is 2.14. The molecule has 0 aliphatic carbocycles. The van der Waals surface area contributed by atoms with Crippen LogP contribution in [0.15, 0.2) is 27.8 Å². The Kier molecular flexibility index (Phi) is 4.34. The standard InChI is InChI=1S/C12H18N2OS/c1-2-10-6-9-16-12(14-10)13-7-5-11-4-3-8-15-11/h3-4,8,10H,2,5-7,9H2,1H3,(H,13,14). The first-order valence-electron chi connectivity index (χ1n) is 5.84. The van der Waals surface area contributed by atoms with Gasteiger partial charge in [-0.1, -0.05) is 18.7 Å². The molecule has 0 amide bonds. The Morgan fingerprint density at radius 1 is 1.62 bits per heavy atom. The molecule has 0 bridgehead atoms. The maximum Gasteiger partial charge on any atom is 0.156 e. The van der Waals surface area contributed by atoms with Crippen molar-refractivity contribution in [1.29, 1.82) is 0 Å². The number of aliphatic imine (C=N–C) groups is 1. The molecule has 1 aromatic heterocycles. The first kappa shape index (κ1) is 11.6. The van der Waals surface area contributed by atoms with Crippen LogP contribution in [-0.4, -0.2) is 23.5 Å². The van der Waals surface area contributed by atoms with Gasteiger partial charge in [-0.25, -0.2) is 0 Å². The van der Waals surface area contributed by atoms with E-state index in [2.05, 4.69) is 17.2 Å². The van der Waals surface area contributed by atoms with Crippen LogP contribution in [0.5, 0.6) is 0 Å². The van der Waals surface area contributed by atoms with Crippen molar-refractivity contribution in [3.63, 3.8) is 0 Å².